The Labute approximate surface area is 175 Å². The average Bonchev–Trinajstić information content (AvgIpc) is 3.06. The van der Waals surface area contributed by atoms with Crippen LogP contribution in [0.2, 0.25) is 5.02 Å². The normalized spacial score (nSPS) is 13.2. The fourth-order valence-corrected chi connectivity index (χ4v) is 5.05. The van der Waals surface area contributed by atoms with Crippen LogP contribution >= 0.6 is 22.9 Å². The van der Waals surface area contributed by atoms with Crippen LogP contribution < -0.4 is 10.7 Å². The van der Waals surface area contributed by atoms with E-state index in [0.29, 0.717) is 26.5 Å². The summed E-state index contributed by atoms with van der Waals surface area (Å²) in [5.74, 6) is -1.00. The molecule has 2 heterocycles. The van der Waals surface area contributed by atoms with E-state index in [1.165, 1.54) is 17.5 Å². The zero-order valence-electron chi connectivity index (χ0n) is 15.8. The molecular weight excluding hydrogens is 412 g/mol. The highest BCUT2D eigenvalue weighted by Gasteiger charge is 2.28. The topological polar surface area (TPSA) is 88.3 Å². The van der Waals surface area contributed by atoms with Gasteiger partial charge in [-0.3, -0.25) is 9.59 Å². The van der Waals surface area contributed by atoms with E-state index in [4.69, 9.17) is 16.3 Å². The number of fused-ring (bicyclic) bond motifs is 2. The molecule has 150 valence electrons. The van der Waals surface area contributed by atoms with Gasteiger partial charge < -0.3 is 15.0 Å². The minimum Gasteiger partial charge on any atom is -0.462 e. The Kier molecular flexibility index (Phi) is 5.43. The summed E-state index contributed by atoms with van der Waals surface area (Å²) in [4.78, 5) is 42.2. The number of H-pyrrole nitrogens is 1. The van der Waals surface area contributed by atoms with Crippen molar-refractivity contribution in [2.45, 2.75) is 32.6 Å². The van der Waals surface area contributed by atoms with Crippen molar-refractivity contribution < 1.29 is 14.3 Å². The highest BCUT2D eigenvalue weighted by atomic mass is 35.5. The second kappa shape index (κ2) is 8.00. The minimum atomic E-state index is -0.563. The van der Waals surface area contributed by atoms with Crippen LogP contribution in [-0.4, -0.2) is 23.5 Å². The van der Waals surface area contributed by atoms with E-state index in [9.17, 15) is 14.4 Å². The van der Waals surface area contributed by atoms with Crippen LogP contribution in [0, 0.1) is 0 Å². The van der Waals surface area contributed by atoms with Gasteiger partial charge >= 0.3 is 5.97 Å². The van der Waals surface area contributed by atoms with Crippen LogP contribution in [0.1, 0.15) is 50.9 Å². The van der Waals surface area contributed by atoms with Gasteiger partial charge in [0.05, 0.1) is 17.7 Å². The fraction of sp³-hybridized carbons (Fsp3) is 0.286. The standard InChI is InChI=1S/C21H19ClN2O4S/c1-2-28-21(27)17-13-5-3-4-6-16(13)29-20(17)24-19(26)14-10-23-15-9-11(22)7-8-12(15)18(14)25/h7-10H,2-6H2,1H3,(H,23,25)(H,24,26). The molecule has 0 saturated heterocycles. The van der Waals surface area contributed by atoms with Crippen molar-refractivity contribution in [2.24, 2.45) is 0 Å². The largest absolute Gasteiger partial charge is 0.462 e. The minimum absolute atomic E-state index is 0.0268. The van der Waals surface area contributed by atoms with E-state index < -0.39 is 17.3 Å². The van der Waals surface area contributed by atoms with Crippen LogP contribution in [0.5, 0.6) is 0 Å². The summed E-state index contributed by atoms with van der Waals surface area (Å²) in [5, 5.41) is 4.08. The number of anilines is 1. The molecule has 0 bridgehead atoms. The molecule has 1 aliphatic carbocycles. The molecule has 6 nitrogen and oxygen atoms in total. The third kappa shape index (κ3) is 3.68. The number of halogens is 1. The fourth-order valence-electron chi connectivity index (χ4n) is 3.61. The first-order valence-corrected chi connectivity index (χ1v) is 10.6. The molecule has 0 unspecified atom stereocenters. The van der Waals surface area contributed by atoms with Crippen molar-refractivity contribution in [3.05, 3.63) is 61.2 Å². The maximum Gasteiger partial charge on any atom is 0.341 e. The molecule has 0 spiro atoms. The Bertz CT molecular complexity index is 1180. The Morgan fingerprint density at radius 2 is 2.07 bits per heavy atom. The lowest BCUT2D eigenvalue weighted by atomic mass is 9.95. The summed E-state index contributed by atoms with van der Waals surface area (Å²) in [5.41, 5.74) is 1.51. The number of nitrogens with one attached hydrogen (secondary N) is 2. The smallest absolute Gasteiger partial charge is 0.341 e. The predicted octanol–water partition coefficient (Wildman–Crippen LogP) is 4.55. The van der Waals surface area contributed by atoms with Crippen LogP contribution in [0.3, 0.4) is 0 Å². The molecule has 0 fully saturated rings. The van der Waals surface area contributed by atoms with Gasteiger partial charge in [0.2, 0.25) is 5.43 Å². The van der Waals surface area contributed by atoms with Crippen LogP contribution in [0.15, 0.2) is 29.2 Å². The highest BCUT2D eigenvalue weighted by molar-refractivity contribution is 7.17. The van der Waals surface area contributed by atoms with Crippen molar-refractivity contribution in [1.29, 1.82) is 0 Å². The van der Waals surface area contributed by atoms with Crippen molar-refractivity contribution in [3.8, 4) is 0 Å². The number of thiophene rings is 1. The Hall–Kier alpha value is -2.64. The summed E-state index contributed by atoms with van der Waals surface area (Å²) < 4.78 is 5.21. The molecule has 2 N–H and O–H groups in total. The molecule has 0 radical (unpaired) electrons. The highest BCUT2D eigenvalue weighted by Crippen LogP contribution is 2.38. The van der Waals surface area contributed by atoms with Gasteiger partial charge in [-0.2, -0.15) is 0 Å². The van der Waals surface area contributed by atoms with E-state index in [1.807, 2.05) is 0 Å². The zero-order chi connectivity index (χ0) is 20.5. The van der Waals surface area contributed by atoms with Crippen molar-refractivity contribution in [2.75, 3.05) is 11.9 Å². The lowest BCUT2D eigenvalue weighted by Gasteiger charge is -2.12. The predicted molar refractivity (Wildman–Crippen MR) is 114 cm³/mol. The second-order valence-electron chi connectivity index (χ2n) is 6.81. The van der Waals surface area contributed by atoms with Gasteiger partial charge in [0.15, 0.2) is 0 Å². The van der Waals surface area contributed by atoms with Crippen molar-refractivity contribution in [3.63, 3.8) is 0 Å². The first kappa shape index (κ1) is 19.7. The van der Waals surface area contributed by atoms with E-state index in [-0.39, 0.29) is 12.2 Å². The molecule has 1 aliphatic rings. The first-order chi connectivity index (χ1) is 14.0. The maximum atomic E-state index is 12.9. The summed E-state index contributed by atoms with van der Waals surface area (Å²) >= 11 is 7.35. The zero-order valence-corrected chi connectivity index (χ0v) is 17.3. The number of hydrogen-bond acceptors (Lipinski definition) is 5. The van der Waals surface area contributed by atoms with Gasteiger partial charge in [0.25, 0.3) is 5.91 Å². The summed E-state index contributed by atoms with van der Waals surface area (Å²) in [6, 6.07) is 4.82. The molecule has 4 rings (SSSR count). The van der Waals surface area contributed by atoms with Gasteiger partial charge in [0, 0.05) is 21.5 Å². The van der Waals surface area contributed by atoms with Gasteiger partial charge in [-0.25, -0.2) is 4.79 Å². The number of aryl methyl sites for hydroxylation is 1. The van der Waals surface area contributed by atoms with Gasteiger partial charge in [-0.15, -0.1) is 11.3 Å². The second-order valence-corrected chi connectivity index (χ2v) is 8.35. The SMILES string of the molecule is CCOC(=O)c1c(NC(=O)c2c[nH]c3cc(Cl)ccc3c2=O)sc2c1CCCC2. The third-order valence-corrected chi connectivity index (χ3v) is 6.41. The number of benzene rings is 1. The molecule has 1 aromatic carbocycles. The van der Waals surface area contributed by atoms with Gasteiger partial charge in [-0.1, -0.05) is 11.6 Å². The third-order valence-electron chi connectivity index (χ3n) is 4.97. The van der Waals surface area contributed by atoms with Gasteiger partial charge in [0.1, 0.15) is 10.6 Å². The quantitative estimate of drug-likeness (QED) is 0.594. The molecule has 0 aliphatic heterocycles. The van der Waals surface area contributed by atoms with Crippen LogP contribution in [-0.2, 0) is 17.6 Å². The number of aromatic nitrogens is 1. The van der Waals surface area contributed by atoms with Crippen molar-refractivity contribution >= 4 is 50.7 Å². The number of rotatable bonds is 4. The van der Waals surface area contributed by atoms with Crippen LogP contribution in [0.4, 0.5) is 5.00 Å². The Balaban J connectivity index is 1.72. The average molecular weight is 431 g/mol. The molecule has 0 saturated carbocycles. The molecule has 1 amide bonds. The van der Waals surface area contributed by atoms with E-state index >= 15 is 0 Å². The van der Waals surface area contributed by atoms with E-state index in [1.54, 1.807) is 25.1 Å². The first-order valence-electron chi connectivity index (χ1n) is 9.43. The van der Waals surface area contributed by atoms with Crippen LogP contribution in [0.25, 0.3) is 10.9 Å². The lowest BCUT2D eigenvalue weighted by molar-refractivity contribution is 0.0526. The Morgan fingerprint density at radius 3 is 2.86 bits per heavy atom. The molecular formula is C21H19ClN2O4S. The number of carbonyl (C=O) groups is 2. The molecule has 29 heavy (non-hydrogen) atoms. The van der Waals surface area contributed by atoms with Crippen molar-refractivity contribution in [1.82, 2.24) is 4.98 Å². The monoisotopic (exact) mass is 430 g/mol. The number of pyridine rings is 1. The molecule has 2 aromatic heterocycles. The number of hydrogen-bond donors (Lipinski definition) is 2. The lowest BCUT2D eigenvalue weighted by Crippen LogP contribution is -2.22. The van der Waals surface area contributed by atoms with Gasteiger partial charge in [-0.05, 0) is 56.4 Å². The summed E-state index contributed by atoms with van der Waals surface area (Å²) in [6.45, 7) is 2.00. The molecule has 0 atom stereocenters. The van der Waals surface area contributed by atoms with E-state index in [2.05, 4.69) is 10.3 Å². The van der Waals surface area contributed by atoms with E-state index in [0.717, 1.165) is 36.1 Å². The number of amides is 1. The number of ether oxygens (including phenoxy) is 1. The number of carbonyl (C=O) groups excluding carboxylic acids is 2. The molecule has 3 aromatic rings. The maximum absolute atomic E-state index is 12.9. The Morgan fingerprint density at radius 1 is 1.28 bits per heavy atom. The summed E-state index contributed by atoms with van der Waals surface area (Å²) in [6.07, 6.45) is 5.08. The number of aromatic amines is 1. The summed E-state index contributed by atoms with van der Waals surface area (Å²) in [7, 11) is 0. The number of esters is 1. The molecule has 8 heteroatoms.